The second kappa shape index (κ2) is 6.46. The topological polar surface area (TPSA) is 86.9 Å². The summed E-state index contributed by atoms with van der Waals surface area (Å²) in [4.78, 5) is 0.113. The average molecular weight is 329 g/mol. The first-order valence-corrected chi connectivity index (χ1v) is 8.28. The zero-order chi connectivity index (χ0) is 15.5. The number of aromatic amines is 1. The zero-order valence-electron chi connectivity index (χ0n) is 11.7. The van der Waals surface area contributed by atoms with Gasteiger partial charge < -0.3 is 5.32 Å². The normalized spacial score (nSPS) is 11.8. The van der Waals surface area contributed by atoms with Crippen molar-refractivity contribution in [3.05, 3.63) is 41.2 Å². The number of anilines is 1. The zero-order valence-corrected chi connectivity index (χ0v) is 13.3. The molecular weight excluding hydrogens is 312 g/mol. The predicted octanol–water partition coefficient (Wildman–Crippen LogP) is 2.36. The molecular formula is C13H17ClN4O2S. The molecule has 0 radical (unpaired) electrons. The number of benzene rings is 1. The quantitative estimate of drug-likeness (QED) is 0.759. The number of hydrogen-bond donors (Lipinski definition) is 3. The molecule has 0 aliphatic carbocycles. The minimum Gasteiger partial charge on any atom is -0.310 e. The molecule has 2 rings (SSSR count). The molecule has 8 heteroatoms. The molecule has 21 heavy (non-hydrogen) atoms. The van der Waals surface area contributed by atoms with E-state index in [1.165, 1.54) is 24.5 Å². The van der Waals surface area contributed by atoms with E-state index in [-0.39, 0.29) is 4.90 Å². The molecule has 0 unspecified atom stereocenters. The molecule has 0 fully saturated rings. The third-order valence-electron chi connectivity index (χ3n) is 2.79. The van der Waals surface area contributed by atoms with Gasteiger partial charge in [0.1, 0.15) is 0 Å². The molecule has 1 aromatic heterocycles. The lowest BCUT2D eigenvalue weighted by Crippen LogP contribution is -2.22. The van der Waals surface area contributed by atoms with Gasteiger partial charge in [0.25, 0.3) is 10.0 Å². The number of sulfonamides is 1. The van der Waals surface area contributed by atoms with E-state index in [0.717, 1.165) is 5.56 Å². The number of aromatic nitrogens is 2. The number of halogens is 1. The molecule has 1 heterocycles. The number of nitrogens with one attached hydrogen (secondary N) is 3. The van der Waals surface area contributed by atoms with E-state index in [1.54, 1.807) is 6.07 Å². The molecule has 114 valence electrons. The van der Waals surface area contributed by atoms with Crippen molar-refractivity contribution in [3.63, 3.8) is 0 Å². The summed E-state index contributed by atoms with van der Waals surface area (Å²) in [6.45, 7) is 4.65. The monoisotopic (exact) mass is 328 g/mol. The standard InChI is InChI=1S/C13H17ClN4O2S/c1-9(2)15-6-10-3-4-12(5-13(10)14)21(19,20)18-11-7-16-17-8-11/h3-5,7-9,15,18H,6H2,1-2H3,(H,16,17). The first-order chi connectivity index (χ1) is 9.88. The Balaban J connectivity index is 2.19. The number of H-pyrrole nitrogens is 1. The van der Waals surface area contributed by atoms with Crippen molar-refractivity contribution in [1.29, 1.82) is 0 Å². The molecule has 0 spiro atoms. The summed E-state index contributed by atoms with van der Waals surface area (Å²) in [6, 6.07) is 5.02. The fourth-order valence-corrected chi connectivity index (χ4v) is 3.05. The van der Waals surface area contributed by atoms with Crippen LogP contribution in [0.1, 0.15) is 19.4 Å². The molecule has 0 atom stereocenters. The van der Waals surface area contributed by atoms with Crippen LogP contribution in [0.3, 0.4) is 0 Å². The summed E-state index contributed by atoms with van der Waals surface area (Å²) in [7, 11) is -3.67. The molecule has 0 saturated heterocycles. The lowest BCUT2D eigenvalue weighted by atomic mass is 10.2. The van der Waals surface area contributed by atoms with Crippen molar-refractivity contribution in [2.45, 2.75) is 31.3 Å². The molecule has 0 aliphatic rings. The van der Waals surface area contributed by atoms with Crippen LogP contribution in [-0.4, -0.2) is 24.7 Å². The van der Waals surface area contributed by atoms with E-state index in [9.17, 15) is 8.42 Å². The highest BCUT2D eigenvalue weighted by atomic mass is 35.5. The van der Waals surface area contributed by atoms with Gasteiger partial charge in [-0.2, -0.15) is 5.10 Å². The Labute approximate surface area is 129 Å². The second-order valence-corrected chi connectivity index (χ2v) is 6.97. The minimum atomic E-state index is -3.67. The Kier molecular flexibility index (Phi) is 4.87. The van der Waals surface area contributed by atoms with Crippen molar-refractivity contribution in [2.24, 2.45) is 0 Å². The molecule has 2 aromatic rings. The van der Waals surface area contributed by atoms with Crippen LogP contribution in [0.15, 0.2) is 35.5 Å². The highest BCUT2D eigenvalue weighted by Crippen LogP contribution is 2.22. The van der Waals surface area contributed by atoms with Gasteiger partial charge in [-0.15, -0.1) is 0 Å². The number of hydrogen-bond acceptors (Lipinski definition) is 4. The maximum absolute atomic E-state index is 12.2. The second-order valence-electron chi connectivity index (χ2n) is 4.88. The summed E-state index contributed by atoms with van der Waals surface area (Å²) in [5.41, 5.74) is 1.23. The highest BCUT2D eigenvalue weighted by Gasteiger charge is 2.16. The maximum atomic E-state index is 12.2. The van der Waals surface area contributed by atoms with E-state index >= 15 is 0 Å². The van der Waals surface area contributed by atoms with E-state index in [4.69, 9.17) is 11.6 Å². The molecule has 6 nitrogen and oxygen atoms in total. The highest BCUT2D eigenvalue weighted by molar-refractivity contribution is 7.92. The smallest absolute Gasteiger partial charge is 0.262 e. The summed E-state index contributed by atoms with van der Waals surface area (Å²) < 4.78 is 26.8. The molecule has 0 aliphatic heterocycles. The Morgan fingerprint density at radius 1 is 1.38 bits per heavy atom. The summed E-state index contributed by atoms with van der Waals surface area (Å²) in [5, 5.41) is 9.88. The maximum Gasteiger partial charge on any atom is 0.262 e. The van der Waals surface area contributed by atoms with Crippen LogP contribution in [0.4, 0.5) is 5.69 Å². The molecule has 0 saturated carbocycles. The molecule has 3 N–H and O–H groups in total. The largest absolute Gasteiger partial charge is 0.310 e. The van der Waals surface area contributed by atoms with Crippen LogP contribution >= 0.6 is 11.6 Å². The van der Waals surface area contributed by atoms with E-state index in [0.29, 0.717) is 23.3 Å². The van der Waals surface area contributed by atoms with Crippen LogP contribution < -0.4 is 10.0 Å². The van der Waals surface area contributed by atoms with Crippen LogP contribution in [0.25, 0.3) is 0 Å². The summed E-state index contributed by atoms with van der Waals surface area (Å²) in [6.07, 6.45) is 2.85. The van der Waals surface area contributed by atoms with Gasteiger partial charge >= 0.3 is 0 Å². The van der Waals surface area contributed by atoms with Gasteiger partial charge in [0.05, 0.1) is 16.8 Å². The molecule has 0 amide bonds. The van der Waals surface area contributed by atoms with Crippen LogP contribution in [-0.2, 0) is 16.6 Å². The Morgan fingerprint density at radius 3 is 2.71 bits per heavy atom. The van der Waals surface area contributed by atoms with Gasteiger partial charge in [-0.25, -0.2) is 8.42 Å². The SMILES string of the molecule is CC(C)NCc1ccc(S(=O)(=O)Nc2cn[nH]c2)cc1Cl. The van der Waals surface area contributed by atoms with Gasteiger partial charge in [-0.1, -0.05) is 31.5 Å². The fourth-order valence-electron chi connectivity index (χ4n) is 1.67. The number of nitrogens with zero attached hydrogens (tertiary/aromatic N) is 1. The molecule has 0 bridgehead atoms. The average Bonchev–Trinajstić information content (AvgIpc) is 2.89. The van der Waals surface area contributed by atoms with Crippen molar-refractivity contribution < 1.29 is 8.42 Å². The predicted molar refractivity (Wildman–Crippen MR) is 82.8 cm³/mol. The van der Waals surface area contributed by atoms with Crippen molar-refractivity contribution in [2.75, 3.05) is 4.72 Å². The first kappa shape index (κ1) is 15.8. The van der Waals surface area contributed by atoms with Crippen LogP contribution in [0.5, 0.6) is 0 Å². The Morgan fingerprint density at radius 2 is 2.14 bits per heavy atom. The van der Waals surface area contributed by atoms with Crippen LogP contribution in [0.2, 0.25) is 5.02 Å². The van der Waals surface area contributed by atoms with Crippen LogP contribution in [0, 0.1) is 0 Å². The molecule has 1 aromatic carbocycles. The van der Waals surface area contributed by atoms with E-state index in [2.05, 4.69) is 20.2 Å². The fraction of sp³-hybridized carbons (Fsp3) is 0.308. The first-order valence-electron chi connectivity index (χ1n) is 6.42. The minimum absolute atomic E-state index is 0.113. The third kappa shape index (κ3) is 4.20. The van der Waals surface area contributed by atoms with Crippen molar-refractivity contribution in [3.8, 4) is 0 Å². The lowest BCUT2D eigenvalue weighted by Gasteiger charge is -2.11. The lowest BCUT2D eigenvalue weighted by molar-refractivity contribution is 0.588. The van der Waals surface area contributed by atoms with Gasteiger partial charge in [-0.3, -0.25) is 9.82 Å². The van der Waals surface area contributed by atoms with Gasteiger partial charge in [0.15, 0.2) is 0 Å². The van der Waals surface area contributed by atoms with E-state index in [1.807, 2.05) is 13.8 Å². The van der Waals surface area contributed by atoms with Crippen molar-refractivity contribution >= 4 is 27.3 Å². The summed E-state index contributed by atoms with van der Waals surface area (Å²) >= 11 is 6.15. The van der Waals surface area contributed by atoms with Gasteiger partial charge in [-0.05, 0) is 17.7 Å². The summed E-state index contributed by atoms with van der Waals surface area (Å²) in [5.74, 6) is 0. The Hall–Kier alpha value is -1.57. The van der Waals surface area contributed by atoms with Gasteiger partial charge in [0, 0.05) is 23.8 Å². The van der Waals surface area contributed by atoms with E-state index < -0.39 is 10.0 Å². The third-order valence-corrected chi connectivity index (χ3v) is 4.52. The number of rotatable bonds is 6. The Bertz CT molecular complexity index is 699. The van der Waals surface area contributed by atoms with Crippen molar-refractivity contribution in [1.82, 2.24) is 15.5 Å². The van der Waals surface area contributed by atoms with Gasteiger partial charge in [0.2, 0.25) is 0 Å².